The number of carbonyl (C=O) groups is 2. The molecule has 3 rings (SSSR count). The van der Waals surface area contributed by atoms with E-state index in [-0.39, 0.29) is 5.91 Å². The van der Waals surface area contributed by atoms with Gasteiger partial charge in [0.05, 0.1) is 15.5 Å². The van der Waals surface area contributed by atoms with Crippen molar-refractivity contribution < 1.29 is 9.59 Å². The van der Waals surface area contributed by atoms with Gasteiger partial charge in [-0.15, -0.1) is 0 Å². The van der Waals surface area contributed by atoms with Gasteiger partial charge in [-0.3, -0.25) is 10.1 Å². The Morgan fingerprint density at radius 1 is 1.11 bits per heavy atom. The number of urea groups is 1. The highest BCUT2D eigenvalue weighted by atomic mass is 35.5. The number of nitrogens with zero attached hydrogens (tertiary/aromatic N) is 3. The maximum Gasteiger partial charge on any atom is 0.324 e. The van der Waals surface area contributed by atoms with Gasteiger partial charge >= 0.3 is 6.03 Å². The highest BCUT2D eigenvalue weighted by Crippen LogP contribution is 2.31. The molecular formula is C25H35Cl2N7O2. The van der Waals surface area contributed by atoms with Gasteiger partial charge in [0, 0.05) is 31.9 Å². The van der Waals surface area contributed by atoms with E-state index < -0.39 is 11.4 Å². The SMILES string of the molecule is CCN1CCC(CNc2cc(C)cc(NC(=O)Nc3ccc(Cl)c(Cl)c3)n2)(C(=O)NCCN(C)C)C1. The minimum absolute atomic E-state index is 0.0554. The number of rotatable bonds is 10. The zero-order valence-corrected chi connectivity index (χ0v) is 22.8. The first-order chi connectivity index (χ1) is 17.1. The first-order valence-electron chi connectivity index (χ1n) is 12.0. The average Bonchev–Trinajstić information content (AvgIpc) is 3.24. The lowest BCUT2D eigenvalue weighted by Gasteiger charge is -2.29. The van der Waals surface area contributed by atoms with Gasteiger partial charge in [0.15, 0.2) is 0 Å². The van der Waals surface area contributed by atoms with Crippen LogP contribution in [0.25, 0.3) is 0 Å². The molecule has 0 aliphatic carbocycles. The van der Waals surface area contributed by atoms with Gasteiger partial charge in [0.1, 0.15) is 11.6 Å². The summed E-state index contributed by atoms with van der Waals surface area (Å²) in [7, 11) is 3.97. The second-order valence-corrected chi connectivity index (χ2v) is 10.2. The largest absolute Gasteiger partial charge is 0.369 e. The summed E-state index contributed by atoms with van der Waals surface area (Å²) < 4.78 is 0. The lowest BCUT2D eigenvalue weighted by atomic mass is 9.85. The van der Waals surface area contributed by atoms with Crippen molar-refractivity contribution in [3.8, 4) is 0 Å². The number of aryl methyl sites for hydroxylation is 1. The third kappa shape index (κ3) is 7.70. The Labute approximate surface area is 222 Å². The van der Waals surface area contributed by atoms with Crippen molar-refractivity contribution in [1.29, 1.82) is 0 Å². The molecule has 1 aromatic carbocycles. The fourth-order valence-corrected chi connectivity index (χ4v) is 4.45. The molecule has 1 aliphatic heterocycles. The van der Waals surface area contributed by atoms with Crippen LogP contribution in [0.2, 0.25) is 10.0 Å². The lowest BCUT2D eigenvalue weighted by Crippen LogP contribution is -2.48. The number of likely N-dealkylation sites (tertiary alicyclic amines) is 1. The molecule has 2 heterocycles. The van der Waals surface area contributed by atoms with E-state index in [2.05, 4.69) is 38.1 Å². The van der Waals surface area contributed by atoms with E-state index in [0.717, 1.165) is 31.6 Å². The molecule has 1 aliphatic rings. The first-order valence-corrected chi connectivity index (χ1v) is 12.8. The Hall–Kier alpha value is -2.59. The maximum atomic E-state index is 13.2. The molecular weight excluding hydrogens is 501 g/mol. The van der Waals surface area contributed by atoms with Crippen LogP contribution < -0.4 is 21.3 Å². The second kappa shape index (κ2) is 12.6. The van der Waals surface area contributed by atoms with Crippen molar-refractivity contribution in [2.24, 2.45) is 5.41 Å². The molecule has 3 amide bonds. The Morgan fingerprint density at radius 3 is 2.53 bits per heavy atom. The smallest absolute Gasteiger partial charge is 0.324 e. The van der Waals surface area contributed by atoms with Crippen molar-refractivity contribution in [3.05, 3.63) is 45.9 Å². The number of likely N-dealkylation sites (N-methyl/N-ethyl adjacent to an activating group) is 1. The summed E-state index contributed by atoms with van der Waals surface area (Å²) in [5, 5.41) is 12.7. The number of carbonyl (C=O) groups excluding carboxylic acids is 2. The van der Waals surface area contributed by atoms with Crippen LogP contribution in [0.4, 0.5) is 22.1 Å². The van der Waals surface area contributed by atoms with Gasteiger partial charge in [-0.2, -0.15) is 0 Å². The fourth-order valence-electron chi connectivity index (χ4n) is 4.15. The number of aromatic nitrogens is 1. The lowest BCUT2D eigenvalue weighted by molar-refractivity contribution is -0.129. The first kappa shape index (κ1) is 28.0. The zero-order chi connectivity index (χ0) is 26.3. The second-order valence-electron chi connectivity index (χ2n) is 9.43. The van der Waals surface area contributed by atoms with Crippen LogP contribution in [0.15, 0.2) is 30.3 Å². The van der Waals surface area contributed by atoms with Crippen LogP contribution >= 0.6 is 23.2 Å². The van der Waals surface area contributed by atoms with Crippen LogP contribution in [-0.2, 0) is 4.79 Å². The van der Waals surface area contributed by atoms with E-state index in [9.17, 15) is 9.59 Å². The number of hydrogen-bond donors (Lipinski definition) is 4. The minimum Gasteiger partial charge on any atom is -0.369 e. The Balaban J connectivity index is 1.66. The highest BCUT2D eigenvalue weighted by molar-refractivity contribution is 6.42. The molecule has 1 atom stereocenters. The van der Waals surface area contributed by atoms with Gasteiger partial charge in [0.2, 0.25) is 5.91 Å². The molecule has 0 spiro atoms. The predicted octanol–water partition coefficient (Wildman–Crippen LogP) is 4.14. The van der Waals surface area contributed by atoms with Crippen LogP contribution in [0.3, 0.4) is 0 Å². The van der Waals surface area contributed by atoms with Crippen molar-refractivity contribution in [3.63, 3.8) is 0 Å². The fraction of sp³-hybridized carbons (Fsp3) is 0.480. The average molecular weight is 537 g/mol. The Kier molecular flexibility index (Phi) is 9.78. The van der Waals surface area contributed by atoms with E-state index in [4.69, 9.17) is 23.2 Å². The van der Waals surface area contributed by atoms with Gasteiger partial charge in [-0.1, -0.05) is 30.1 Å². The van der Waals surface area contributed by atoms with E-state index in [1.165, 1.54) is 0 Å². The summed E-state index contributed by atoms with van der Waals surface area (Å²) >= 11 is 12.0. The third-order valence-electron chi connectivity index (χ3n) is 6.20. The maximum absolute atomic E-state index is 13.2. The number of benzene rings is 1. The van der Waals surface area contributed by atoms with E-state index in [1.807, 2.05) is 32.0 Å². The van der Waals surface area contributed by atoms with Crippen LogP contribution in [0, 0.1) is 12.3 Å². The van der Waals surface area contributed by atoms with Crippen molar-refractivity contribution in [2.75, 3.05) is 69.3 Å². The van der Waals surface area contributed by atoms with Crippen LogP contribution in [0.5, 0.6) is 0 Å². The van der Waals surface area contributed by atoms with Crippen molar-refractivity contribution in [2.45, 2.75) is 20.3 Å². The molecule has 4 N–H and O–H groups in total. The van der Waals surface area contributed by atoms with Crippen molar-refractivity contribution >= 4 is 52.5 Å². The van der Waals surface area contributed by atoms with E-state index >= 15 is 0 Å². The normalized spacial score (nSPS) is 17.8. The molecule has 196 valence electrons. The molecule has 9 nitrogen and oxygen atoms in total. The topological polar surface area (TPSA) is 102 Å². The number of pyridine rings is 1. The molecule has 0 radical (unpaired) electrons. The zero-order valence-electron chi connectivity index (χ0n) is 21.3. The minimum atomic E-state index is -0.549. The van der Waals surface area contributed by atoms with Gasteiger partial charge in [-0.05, 0) is 76.4 Å². The van der Waals surface area contributed by atoms with Gasteiger partial charge in [0.25, 0.3) is 0 Å². The number of amides is 3. The number of anilines is 3. The molecule has 1 fully saturated rings. The summed E-state index contributed by atoms with van der Waals surface area (Å²) in [6, 6.07) is 8.06. The van der Waals surface area contributed by atoms with Crippen LogP contribution in [0.1, 0.15) is 18.9 Å². The highest BCUT2D eigenvalue weighted by Gasteiger charge is 2.44. The number of nitrogens with one attached hydrogen (secondary N) is 4. The van der Waals surface area contributed by atoms with Gasteiger partial charge < -0.3 is 25.8 Å². The Morgan fingerprint density at radius 2 is 1.86 bits per heavy atom. The third-order valence-corrected chi connectivity index (χ3v) is 6.94. The number of halogens is 2. The molecule has 36 heavy (non-hydrogen) atoms. The summed E-state index contributed by atoms with van der Waals surface area (Å²) in [5.74, 6) is 1.04. The molecule has 1 saturated heterocycles. The van der Waals surface area contributed by atoms with E-state index in [0.29, 0.717) is 47.0 Å². The quantitative estimate of drug-likeness (QED) is 0.364. The van der Waals surface area contributed by atoms with E-state index in [1.54, 1.807) is 24.3 Å². The summed E-state index contributed by atoms with van der Waals surface area (Å²) in [6.45, 7) is 8.33. The molecule has 2 aromatic rings. The number of hydrogen-bond acceptors (Lipinski definition) is 6. The van der Waals surface area contributed by atoms with Gasteiger partial charge in [-0.25, -0.2) is 9.78 Å². The molecule has 0 bridgehead atoms. The summed E-state index contributed by atoms with van der Waals surface area (Å²) in [6.07, 6.45) is 0.768. The summed E-state index contributed by atoms with van der Waals surface area (Å²) in [5.41, 5.74) is 0.882. The molecule has 1 unspecified atom stereocenters. The molecule has 1 aromatic heterocycles. The monoisotopic (exact) mass is 535 g/mol. The Bertz CT molecular complexity index is 1080. The summed E-state index contributed by atoms with van der Waals surface area (Å²) in [4.78, 5) is 34.6. The van der Waals surface area contributed by atoms with Crippen LogP contribution in [-0.4, -0.2) is 80.1 Å². The standard InChI is InChI=1S/C25H35Cl2N7O2/c1-5-34-10-8-25(16-34,23(35)28-9-11-33(3)4)15-29-21-12-17(2)13-22(31-21)32-24(36)30-18-6-7-19(26)20(27)14-18/h6-7,12-14H,5,8-11,15-16H2,1-4H3,(H,28,35)(H3,29,30,31,32,36). The molecule has 11 heteroatoms. The van der Waals surface area contributed by atoms with Crippen molar-refractivity contribution in [1.82, 2.24) is 20.1 Å². The predicted molar refractivity (Wildman–Crippen MR) is 147 cm³/mol. The molecule has 0 saturated carbocycles.